The molecule has 0 aromatic heterocycles. The summed E-state index contributed by atoms with van der Waals surface area (Å²) < 4.78 is 1.20. The van der Waals surface area contributed by atoms with Crippen molar-refractivity contribution in [3.63, 3.8) is 0 Å². The summed E-state index contributed by atoms with van der Waals surface area (Å²) in [5.74, 6) is 0. The van der Waals surface area contributed by atoms with Crippen molar-refractivity contribution in [2.45, 2.75) is 9.79 Å². The summed E-state index contributed by atoms with van der Waals surface area (Å²) in [7, 11) is 0. The predicted molar refractivity (Wildman–Crippen MR) is 74.1 cm³/mol. The van der Waals surface area contributed by atoms with Crippen molar-refractivity contribution in [1.29, 1.82) is 0 Å². The fourth-order valence-electron chi connectivity index (χ4n) is 1.22. The fraction of sp³-hybridized carbons (Fsp3) is 0. The number of hydrogen-bond donors (Lipinski definition) is 1. The average molecular weight is 327 g/mol. The Labute approximate surface area is 107 Å². The zero-order chi connectivity index (χ0) is 10.7. The lowest BCUT2D eigenvalue weighted by atomic mass is 10.3. The molecule has 0 unspecified atom stereocenters. The summed E-state index contributed by atoms with van der Waals surface area (Å²) in [5, 5.41) is 0. The lowest BCUT2D eigenvalue weighted by molar-refractivity contribution is 1.37. The molecular weight excluding hydrogens is 317 g/mol. The van der Waals surface area contributed by atoms with Crippen LogP contribution >= 0.6 is 34.4 Å². The van der Waals surface area contributed by atoms with Crippen LogP contribution in [-0.2, 0) is 0 Å². The third kappa shape index (κ3) is 2.89. The van der Waals surface area contributed by atoms with Gasteiger partial charge >= 0.3 is 0 Å². The van der Waals surface area contributed by atoms with Crippen molar-refractivity contribution < 1.29 is 0 Å². The molecule has 2 N–H and O–H groups in total. The summed E-state index contributed by atoms with van der Waals surface area (Å²) >= 11 is 4.07. The Morgan fingerprint density at radius 1 is 1.00 bits per heavy atom. The van der Waals surface area contributed by atoms with Crippen LogP contribution in [0.4, 0.5) is 5.69 Å². The van der Waals surface area contributed by atoms with Gasteiger partial charge in [0.2, 0.25) is 0 Å². The fourth-order valence-corrected chi connectivity index (χ4v) is 2.92. The molecule has 0 aliphatic heterocycles. The van der Waals surface area contributed by atoms with Crippen LogP contribution in [0.1, 0.15) is 0 Å². The van der Waals surface area contributed by atoms with E-state index < -0.39 is 0 Å². The largest absolute Gasteiger partial charge is 0.399 e. The number of nitrogens with two attached hydrogens (primary N) is 1. The van der Waals surface area contributed by atoms with Crippen LogP contribution in [0.3, 0.4) is 0 Å². The highest BCUT2D eigenvalue weighted by Gasteiger charge is 2.01. The van der Waals surface area contributed by atoms with Crippen molar-refractivity contribution in [2.75, 3.05) is 5.73 Å². The molecular formula is C12H10INS. The van der Waals surface area contributed by atoms with Crippen molar-refractivity contribution in [3.05, 3.63) is 52.1 Å². The lowest BCUT2D eigenvalue weighted by Gasteiger charge is -2.04. The second-order valence-electron chi connectivity index (χ2n) is 3.10. The highest BCUT2D eigenvalue weighted by atomic mass is 127. The molecule has 0 saturated heterocycles. The standard InChI is InChI=1S/C12H10INS/c13-11-8-9(14)6-7-12(11)15-10-4-2-1-3-5-10/h1-8H,14H2. The van der Waals surface area contributed by atoms with Gasteiger partial charge in [0.05, 0.1) is 0 Å². The first-order valence-electron chi connectivity index (χ1n) is 4.53. The molecule has 0 radical (unpaired) electrons. The molecule has 3 heteroatoms. The van der Waals surface area contributed by atoms with Gasteiger partial charge in [-0.1, -0.05) is 30.0 Å². The highest BCUT2D eigenvalue weighted by Crippen LogP contribution is 2.31. The van der Waals surface area contributed by atoms with Crippen LogP contribution in [0.15, 0.2) is 58.3 Å². The molecule has 0 aliphatic carbocycles. The third-order valence-electron chi connectivity index (χ3n) is 1.93. The summed E-state index contributed by atoms with van der Waals surface area (Å²) in [6, 6.07) is 16.3. The van der Waals surface area contributed by atoms with E-state index in [-0.39, 0.29) is 0 Å². The van der Waals surface area contributed by atoms with Crippen molar-refractivity contribution in [2.24, 2.45) is 0 Å². The number of nitrogen functional groups attached to an aromatic ring is 1. The Hall–Kier alpha value is -0.680. The minimum atomic E-state index is 0.816. The topological polar surface area (TPSA) is 26.0 Å². The number of hydrogen-bond acceptors (Lipinski definition) is 2. The van der Waals surface area contributed by atoms with Crippen LogP contribution < -0.4 is 5.73 Å². The molecule has 2 rings (SSSR count). The van der Waals surface area contributed by atoms with Gasteiger partial charge in [0.25, 0.3) is 0 Å². The van der Waals surface area contributed by atoms with Crippen molar-refractivity contribution >= 4 is 40.0 Å². The quantitative estimate of drug-likeness (QED) is 0.666. The van der Waals surface area contributed by atoms with E-state index in [1.54, 1.807) is 11.8 Å². The number of rotatable bonds is 2. The van der Waals surface area contributed by atoms with E-state index in [1.807, 2.05) is 30.3 Å². The molecule has 0 atom stereocenters. The van der Waals surface area contributed by atoms with Crippen molar-refractivity contribution in [1.82, 2.24) is 0 Å². The first-order valence-corrected chi connectivity index (χ1v) is 6.43. The summed E-state index contributed by atoms with van der Waals surface area (Å²) in [6.07, 6.45) is 0. The van der Waals surface area contributed by atoms with Crippen LogP contribution in [0.25, 0.3) is 0 Å². The molecule has 2 aromatic rings. The molecule has 15 heavy (non-hydrogen) atoms. The number of benzene rings is 2. The normalized spacial score (nSPS) is 10.2. The van der Waals surface area contributed by atoms with Crippen LogP contribution in [-0.4, -0.2) is 0 Å². The highest BCUT2D eigenvalue weighted by molar-refractivity contribution is 14.1. The first-order chi connectivity index (χ1) is 7.25. The minimum absolute atomic E-state index is 0.816. The zero-order valence-electron chi connectivity index (χ0n) is 7.98. The maximum absolute atomic E-state index is 5.71. The van der Waals surface area contributed by atoms with E-state index in [0.29, 0.717) is 0 Å². The molecule has 0 aliphatic rings. The molecule has 0 bridgehead atoms. The summed E-state index contributed by atoms with van der Waals surface area (Å²) in [6.45, 7) is 0. The monoisotopic (exact) mass is 327 g/mol. The molecule has 1 nitrogen and oxygen atoms in total. The van der Waals surface area contributed by atoms with Gasteiger partial charge in [0.1, 0.15) is 0 Å². The van der Waals surface area contributed by atoms with E-state index >= 15 is 0 Å². The van der Waals surface area contributed by atoms with Gasteiger partial charge in [-0.05, 0) is 52.9 Å². The maximum Gasteiger partial charge on any atom is 0.0325 e. The summed E-state index contributed by atoms with van der Waals surface area (Å²) in [5.41, 5.74) is 6.52. The van der Waals surface area contributed by atoms with E-state index in [4.69, 9.17) is 5.73 Å². The van der Waals surface area contributed by atoms with Gasteiger partial charge in [0.15, 0.2) is 0 Å². The molecule has 0 spiro atoms. The lowest BCUT2D eigenvalue weighted by Crippen LogP contribution is -1.86. The molecule has 0 saturated carbocycles. The van der Waals surface area contributed by atoms with Crippen LogP contribution in [0.2, 0.25) is 0 Å². The SMILES string of the molecule is Nc1ccc(Sc2ccccc2)c(I)c1. The molecule has 2 aromatic carbocycles. The van der Waals surface area contributed by atoms with Gasteiger partial charge in [-0.25, -0.2) is 0 Å². The Kier molecular flexibility index (Phi) is 3.53. The Morgan fingerprint density at radius 3 is 2.40 bits per heavy atom. The van der Waals surface area contributed by atoms with E-state index in [0.717, 1.165) is 5.69 Å². The van der Waals surface area contributed by atoms with Crippen molar-refractivity contribution in [3.8, 4) is 0 Å². The van der Waals surface area contributed by atoms with Crippen LogP contribution in [0.5, 0.6) is 0 Å². The molecule has 0 fully saturated rings. The van der Waals surface area contributed by atoms with Gasteiger partial charge in [-0.2, -0.15) is 0 Å². The van der Waals surface area contributed by atoms with Gasteiger partial charge < -0.3 is 5.73 Å². The second-order valence-corrected chi connectivity index (χ2v) is 5.38. The third-order valence-corrected chi connectivity index (χ3v) is 4.27. The molecule has 0 amide bonds. The molecule has 0 heterocycles. The smallest absolute Gasteiger partial charge is 0.0325 e. The average Bonchev–Trinajstić information content (AvgIpc) is 2.24. The number of anilines is 1. The Balaban J connectivity index is 2.25. The van der Waals surface area contributed by atoms with Gasteiger partial charge in [-0.15, -0.1) is 0 Å². The first kappa shape index (κ1) is 10.8. The maximum atomic E-state index is 5.71. The van der Waals surface area contributed by atoms with Gasteiger partial charge in [0, 0.05) is 19.0 Å². The molecule has 76 valence electrons. The van der Waals surface area contributed by atoms with Crippen LogP contribution in [0, 0.1) is 3.57 Å². The van der Waals surface area contributed by atoms with E-state index in [9.17, 15) is 0 Å². The van der Waals surface area contributed by atoms with E-state index in [2.05, 4.69) is 40.8 Å². The Morgan fingerprint density at radius 2 is 1.73 bits per heavy atom. The zero-order valence-corrected chi connectivity index (χ0v) is 11.0. The predicted octanol–water partition coefficient (Wildman–Crippen LogP) is 4.02. The van der Waals surface area contributed by atoms with E-state index in [1.165, 1.54) is 13.4 Å². The minimum Gasteiger partial charge on any atom is -0.399 e. The summed E-state index contributed by atoms with van der Waals surface area (Å²) in [4.78, 5) is 2.50. The Bertz CT molecular complexity index is 456. The number of halogens is 1. The second kappa shape index (κ2) is 4.90. The van der Waals surface area contributed by atoms with Gasteiger partial charge in [-0.3, -0.25) is 0 Å².